The highest BCUT2D eigenvalue weighted by Crippen LogP contribution is 2.28. The van der Waals surface area contributed by atoms with Crippen molar-refractivity contribution in [3.8, 4) is 17.0 Å². The van der Waals surface area contributed by atoms with E-state index in [-0.39, 0.29) is 0 Å². The van der Waals surface area contributed by atoms with Gasteiger partial charge in [-0.25, -0.2) is 0 Å². The first-order valence-electron chi connectivity index (χ1n) is 8.71. The third-order valence-electron chi connectivity index (χ3n) is 4.26. The Balaban J connectivity index is 1.39. The van der Waals surface area contributed by atoms with Crippen LogP contribution >= 0.6 is 0 Å². The Bertz CT molecular complexity index is 1010. The second-order valence-electron chi connectivity index (χ2n) is 6.20. The van der Waals surface area contributed by atoms with E-state index in [1.54, 1.807) is 17.1 Å². The number of para-hydroxylation sites is 1. The normalized spacial score (nSPS) is 11.0. The van der Waals surface area contributed by atoms with Crippen molar-refractivity contribution >= 4 is 10.9 Å². The van der Waals surface area contributed by atoms with Crippen molar-refractivity contribution in [2.24, 2.45) is 7.05 Å². The molecule has 0 aliphatic carbocycles. The van der Waals surface area contributed by atoms with Crippen molar-refractivity contribution in [1.82, 2.24) is 19.7 Å². The highest BCUT2D eigenvalue weighted by molar-refractivity contribution is 5.78. The summed E-state index contributed by atoms with van der Waals surface area (Å²) in [5, 5.41) is 5.60. The van der Waals surface area contributed by atoms with Crippen LogP contribution in [0.1, 0.15) is 12.1 Å². The lowest BCUT2D eigenvalue weighted by molar-refractivity contribution is 0.297. The second-order valence-corrected chi connectivity index (χ2v) is 6.20. The van der Waals surface area contributed by atoms with Gasteiger partial charge in [0.1, 0.15) is 0 Å². The molecule has 130 valence electrons. The number of rotatable bonds is 6. The fraction of sp³-hybridized carbons (Fsp3) is 0.190. The third-order valence-corrected chi connectivity index (χ3v) is 4.26. The molecule has 4 rings (SSSR count). The first-order valence-corrected chi connectivity index (χ1v) is 8.71. The second kappa shape index (κ2) is 7.35. The van der Waals surface area contributed by atoms with Crippen molar-refractivity contribution in [1.29, 1.82) is 0 Å². The lowest BCUT2D eigenvalue weighted by atomic mass is 10.1. The molecule has 0 bridgehead atoms. The van der Waals surface area contributed by atoms with Crippen molar-refractivity contribution in [2.75, 3.05) is 6.61 Å². The fourth-order valence-electron chi connectivity index (χ4n) is 2.97. The van der Waals surface area contributed by atoms with E-state index in [1.807, 2.05) is 43.6 Å². The summed E-state index contributed by atoms with van der Waals surface area (Å²) in [7, 11) is 1.90. The summed E-state index contributed by atoms with van der Waals surface area (Å²) in [5.41, 5.74) is 4.16. The zero-order chi connectivity index (χ0) is 17.8. The van der Waals surface area contributed by atoms with Crippen LogP contribution in [0.2, 0.25) is 0 Å². The summed E-state index contributed by atoms with van der Waals surface area (Å²) in [6, 6.07) is 16.3. The number of fused-ring (bicyclic) bond motifs is 1. The van der Waals surface area contributed by atoms with E-state index in [4.69, 9.17) is 9.72 Å². The molecule has 0 aliphatic heterocycles. The predicted octanol–water partition coefficient (Wildman–Crippen LogP) is 4.04. The fourth-order valence-corrected chi connectivity index (χ4v) is 2.97. The molecule has 0 unspecified atom stereocenters. The van der Waals surface area contributed by atoms with E-state index in [1.165, 1.54) is 5.39 Å². The zero-order valence-corrected chi connectivity index (χ0v) is 14.7. The van der Waals surface area contributed by atoms with Gasteiger partial charge in [-0.05, 0) is 42.7 Å². The van der Waals surface area contributed by atoms with Crippen LogP contribution in [0.25, 0.3) is 22.0 Å². The van der Waals surface area contributed by atoms with Crippen LogP contribution in [0.4, 0.5) is 0 Å². The molecule has 0 amide bonds. The minimum Gasteiger partial charge on any atom is -0.476 e. The van der Waals surface area contributed by atoms with Gasteiger partial charge < -0.3 is 4.74 Å². The monoisotopic (exact) mass is 344 g/mol. The Hall–Kier alpha value is -3.21. The van der Waals surface area contributed by atoms with Crippen LogP contribution in [0.15, 0.2) is 67.1 Å². The standard InChI is InChI=1S/C21H20N4O/c1-25-15-19(16-10-12-22-13-11-16)21(24-25)26-14-4-6-18-9-8-17-5-2-3-7-20(17)23-18/h2-3,5,7-13,15H,4,6,14H2,1H3. The summed E-state index contributed by atoms with van der Waals surface area (Å²) in [6.45, 7) is 0.601. The Morgan fingerprint density at radius 2 is 1.85 bits per heavy atom. The number of aryl methyl sites for hydroxylation is 2. The number of nitrogens with zero attached hydrogens (tertiary/aromatic N) is 4. The van der Waals surface area contributed by atoms with Gasteiger partial charge in [-0.2, -0.15) is 0 Å². The molecular weight excluding hydrogens is 324 g/mol. The number of pyridine rings is 2. The summed E-state index contributed by atoms with van der Waals surface area (Å²) < 4.78 is 7.72. The molecule has 0 spiro atoms. The zero-order valence-electron chi connectivity index (χ0n) is 14.7. The molecule has 0 aliphatic rings. The maximum absolute atomic E-state index is 5.94. The van der Waals surface area contributed by atoms with Gasteiger partial charge in [-0.15, -0.1) is 5.10 Å². The van der Waals surface area contributed by atoms with Crippen LogP contribution in [-0.2, 0) is 13.5 Å². The van der Waals surface area contributed by atoms with E-state index >= 15 is 0 Å². The lowest BCUT2D eigenvalue weighted by Crippen LogP contribution is -2.02. The van der Waals surface area contributed by atoms with Gasteiger partial charge in [0.25, 0.3) is 0 Å². The van der Waals surface area contributed by atoms with Gasteiger partial charge in [0, 0.05) is 36.7 Å². The van der Waals surface area contributed by atoms with E-state index < -0.39 is 0 Å². The van der Waals surface area contributed by atoms with Gasteiger partial charge in [-0.1, -0.05) is 24.3 Å². The average Bonchev–Trinajstić information content (AvgIpc) is 3.06. The van der Waals surface area contributed by atoms with E-state index in [0.29, 0.717) is 12.5 Å². The van der Waals surface area contributed by atoms with Gasteiger partial charge in [0.15, 0.2) is 0 Å². The Kier molecular flexibility index (Phi) is 4.60. The quantitative estimate of drug-likeness (QED) is 0.495. The number of hydrogen-bond donors (Lipinski definition) is 0. The molecule has 0 fully saturated rings. The summed E-state index contributed by atoms with van der Waals surface area (Å²) in [6.07, 6.45) is 7.28. The average molecular weight is 344 g/mol. The van der Waals surface area contributed by atoms with Gasteiger partial charge >= 0.3 is 0 Å². The smallest absolute Gasteiger partial charge is 0.240 e. The van der Waals surface area contributed by atoms with Crippen LogP contribution in [0, 0.1) is 0 Å². The van der Waals surface area contributed by atoms with E-state index in [2.05, 4.69) is 28.3 Å². The summed E-state index contributed by atoms with van der Waals surface area (Å²) in [4.78, 5) is 8.77. The predicted molar refractivity (Wildman–Crippen MR) is 102 cm³/mol. The molecule has 0 N–H and O–H groups in total. The molecule has 3 aromatic heterocycles. The molecule has 26 heavy (non-hydrogen) atoms. The third kappa shape index (κ3) is 3.57. The molecule has 0 atom stereocenters. The highest BCUT2D eigenvalue weighted by atomic mass is 16.5. The first-order chi connectivity index (χ1) is 12.8. The van der Waals surface area contributed by atoms with Crippen molar-refractivity contribution in [3.05, 3.63) is 72.8 Å². The molecule has 4 aromatic rings. The number of ether oxygens (including phenoxy) is 1. The minimum atomic E-state index is 0.601. The number of benzene rings is 1. The van der Waals surface area contributed by atoms with E-state index in [0.717, 1.165) is 35.2 Å². The van der Waals surface area contributed by atoms with Crippen LogP contribution in [0.5, 0.6) is 5.88 Å². The van der Waals surface area contributed by atoms with E-state index in [9.17, 15) is 0 Å². The van der Waals surface area contributed by atoms with Crippen LogP contribution in [0.3, 0.4) is 0 Å². The molecule has 5 heteroatoms. The van der Waals surface area contributed by atoms with Gasteiger partial charge in [0.2, 0.25) is 5.88 Å². The summed E-state index contributed by atoms with van der Waals surface area (Å²) >= 11 is 0. The Labute approximate surface area is 152 Å². The molecule has 5 nitrogen and oxygen atoms in total. The highest BCUT2D eigenvalue weighted by Gasteiger charge is 2.11. The number of hydrogen-bond acceptors (Lipinski definition) is 4. The lowest BCUT2D eigenvalue weighted by Gasteiger charge is -2.06. The van der Waals surface area contributed by atoms with Crippen LogP contribution < -0.4 is 4.74 Å². The van der Waals surface area contributed by atoms with Crippen LogP contribution in [-0.4, -0.2) is 26.4 Å². The first kappa shape index (κ1) is 16.3. The summed E-state index contributed by atoms with van der Waals surface area (Å²) in [5.74, 6) is 0.658. The van der Waals surface area contributed by atoms with Crippen molar-refractivity contribution in [3.63, 3.8) is 0 Å². The Morgan fingerprint density at radius 3 is 2.73 bits per heavy atom. The van der Waals surface area contributed by atoms with Gasteiger partial charge in [0.05, 0.1) is 17.7 Å². The number of aromatic nitrogens is 4. The molecule has 0 saturated heterocycles. The minimum absolute atomic E-state index is 0.601. The maximum atomic E-state index is 5.94. The topological polar surface area (TPSA) is 52.8 Å². The largest absolute Gasteiger partial charge is 0.476 e. The molecule has 3 heterocycles. The SMILES string of the molecule is Cn1cc(-c2ccncc2)c(OCCCc2ccc3ccccc3n2)n1. The maximum Gasteiger partial charge on any atom is 0.240 e. The van der Waals surface area contributed by atoms with Crippen molar-refractivity contribution < 1.29 is 4.74 Å². The van der Waals surface area contributed by atoms with Gasteiger partial charge in [-0.3, -0.25) is 14.6 Å². The molecule has 1 aromatic carbocycles. The Morgan fingerprint density at radius 1 is 1.00 bits per heavy atom. The van der Waals surface area contributed by atoms with Crippen molar-refractivity contribution in [2.45, 2.75) is 12.8 Å². The molecule has 0 radical (unpaired) electrons. The molecule has 0 saturated carbocycles. The molecular formula is C21H20N4O.